The molecule has 0 atom stereocenters. The highest BCUT2D eigenvalue weighted by Crippen LogP contribution is 2.27. The van der Waals surface area contributed by atoms with Crippen LogP contribution >= 0.6 is 0 Å². The highest BCUT2D eigenvalue weighted by molar-refractivity contribution is 5.91. The molecular formula is C24H34N6O. The van der Waals surface area contributed by atoms with Crippen molar-refractivity contribution in [2.45, 2.75) is 19.9 Å². The summed E-state index contributed by atoms with van der Waals surface area (Å²) in [4.78, 5) is 24.0. The van der Waals surface area contributed by atoms with Crippen molar-refractivity contribution in [3.05, 3.63) is 54.9 Å². The van der Waals surface area contributed by atoms with Crippen LogP contribution in [-0.4, -0.2) is 73.8 Å². The molecule has 0 aliphatic heterocycles. The Bertz CT molecular complexity index is 998. The van der Waals surface area contributed by atoms with E-state index in [4.69, 9.17) is 4.98 Å². The smallest absolute Gasteiger partial charge is 0.328 e. The summed E-state index contributed by atoms with van der Waals surface area (Å²) >= 11 is 0. The second-order valence-corrected chi connectivity index (χ2v) is 8.09. The van der Waals surface area contributed by atoms with Crippen LogP contribution in [0.25, 0.3) is 10.9 Å². The van der Waals surface area contributed by atoms with Gasteiger partial charge < -0.3 is 20.0 Å². The van der Waals surface area contributed by atoms with Gasteiger partial charge in [-0.1, -0.05) is 18.2 Å². The number of carbonyl (C=O) groups excluding carboxylic acids is 1. The van der Waals surface area contributed by atoms with E-state index in [0.717, 1.165) is 35.5 Å². The molecule has 2 aromatic heterocycles. The number of anilines is 2. The fourth-order valence-corrected chi connectivity index (χ4v) is 3.56. The summed E-state index contributed by atoms with van der Waals surface area (Å²) in [7, 11) is 5.89. The first-order valence-electron chi connectivity index (χ1n) is 10.8. The van der Waals surface area contributed by atoms with Crippen molar-refractivity contribution in [2.24, 2.45) is 0 Å². The van der Waals surface area contributed by atoms with Crippen LogP contribution in [-0.2, 0) is 0 Å². The van der Waals surface area contributed by atoms with E-state index < -0.39 is 0 Å². The fraction of sp³-hybridized carbons (Fsp3) is 0.417. The van der Waals surface area contributed by atoms with Gasteiger partial charge in [0.2, 0.25) is 0 Å². The number of aromatic nitrogens is 2. The number of nitrogens with zero attached hydrogens (tertiary/aromatic N) is 5. The van der Waals surface area contributed by atoms with Crippen LogP contribution in [0.5, 0.6) is 0 Å². The van der Waals surface area contributed by atoms with Crippen molar-refractivity contribution in [1.29, 1.82) is 0 Å². The second kappa shape index (κ2) is 10.3. The highest BCUT2D eigenvalue weighted by atomic mass is 16.2. The number of hydrogen-bond acceptors (Lipinski definition) is 5. The minimum Gasteiger partial charge on any atom is -0.369 e. The Balaban J connectivity index is 1.77. The molecule has 7 nitrogen and oxygen atoms in total. The van der Waals surface area contributed by atoms with Gasteiger partial charge in [0.1, 0.15) is 0 Å². The third kappa shape index (κ3) is 5.17. The number of para-hydroxylation sites is 1. The van der Waals surface area contributed by atoms with Crippen LogP contribution < -0.4 is 15.1 Å². The first-order valence-corrected chi connectivity index (χ1v) is 10.8. The monoisotopic (exact) mass is 422 g/mol. The number of nitrogens with one attached hydrogen (secondary N) is 1. The number of fused-ring (bicyclic) bond motifs is 1. The molecule has 2 heterocycles. The molecule has 0 aliphatic carbocycles. The summed E-state index contributed by atoms with van der Waals surface area (Å²) in [5.41, 5.74) is 2.02. The molecule has 0 fully saturated rings. The Kier molecular flexibility index (Phi) is 7.52. The van der Waals surface area contributed by atoms with Gasteiger partial charge in [-0.15, -0.1) is 0 Å². The van der Waals surface area contributed by atoms with Crippen LogP contribution in [0.2, 0.25) is 0 Å². The largest absolute Gasteiger partial charge is 0.369 e. The van der Waals surface area contributed by atoms with Gasteiger partial charge in [-0.05, 0) is 45.2 Å². The molecule has 7 heteroatoms. The number of carbonyl (C=O) groups is 1. The molecule has 0 unspecified atom stereocenters. The summed E-state index contributed by atoms with van der Waals surface area (Å²) in [6.45, 7) is 7.27. The summed E-state index contributed by atoms with van der Waals surface area (Å²) in [5, 5.41) is 4.29. The van der Waals surface area contributed by atoms with Crippen LogP contribution in [0.3, 0.4) is 0 Å². The van der Waals surface area contributed by atoms with Crippen molar-refractivity contribution in [3.63, 3.8) is 0 Å². The number of rotatable bonds is 9. The summed E-state index contributed by atoms with van der Waals surface area (Å²) in [5.74, 6) is 0.946. The minimum atomic E-state index is -0.0321. The molecule has 0 aliphatic rings. The number of hydrogen-bond donors (Lipinski definition) is 1. The molecule has 0 bridgehead atoms. The molecule has 1 N–H and O–H groups in total. The van der Waals surface area contributed by atoms with Crippen LogP contribution in [0, 0.1) is 0 Å². The van der Waals surface area contributed by atoms with E-state index in [1.165, 1.54) is 0 Å². The van der Waals surface area contributed by atoms with Crippen molar-refractivity contribution >= 4 is 28.4 Å². The third-order valence-electron chi connectivity index (χ3n) is 5.69. The molecular weight excluding hydrogens is 388 g/mol. The molecule has 0 saturated carbocycles. The van der Waals surface area contributed by atoms with Gasteiger partial charge >= 0.3 is 6.03 Å². The third-order valence-corrected chi connectivity index (χ3v) is 5.69. The molecule has 1 amide bonds. The predicted octanol–water partition coefficient (Wildman–Crippen LogP) is 3.51. The zero-order valence-corrected chi connectivity index (χ0v) is 19.2. The SMILES string of the molecule is CNCCN(CCN(C)C(=O)n1ccc2ccccc21)c1ncccc1N(C)C(C)C. The Hall–Kier alpha value is -3.06. The first kappa shape index (κ1) is 22.6. The average Bonchev–Trinajstić information content (AvgIpc) is 3.22. The molecule has 3 aromatic rings. The Morgan fingerprint density at radius 1 is 1.06 bits per heavy atom. The number of amides is 1. The van der Waals surface area contributed by atoms with Crippen molar-refractivity contribution in [2.75, 3.05) is 57.1 Å². The topological polar surface area (TPSA) is 56.6 Å². The maximum absolute atomic E-state index is 13.1. The summed E-state index contributed by atoms with van der Waals surface area (Å²) < 4.78 is 1.71. The lowest BCUT2D eigenvalue weighted by Gasteiger charge is -2.32. The summed E-state index contributed by atoms with van der Waals surface area (Å²) in [6.07, 6.45) is 3.68. The van der Waals surface area contributed by atoms with Gasteiger partial charge in [0.05, 0.1) is 11.2 Å². The quantitative estimate of drug-likeness (QED) is 0.572. The molecule has 0 radical (unpaired) electrons. The van der Waals surface area contributed by atoms with Crippen molar-refractivity contribution in [3.8, 4) is 0 Å². The molecule has 1 aromatic carbocycles. The first-order chi connectivity index (χ1) is 14.9. The van der Waals surface area contributed by atoms with Gasteiger partial charge in [0.25, 0.3) is 0 Å². The van der Waals surface area contributed by atoms with E-state index in [9.17, 15) is 4.79 Å². The van der Waals surface area contributed by atoms with E-state index in [2.05, 4.69) is 42.1 Å². The predicted molar refractivity (Wildman–Crippen MR) is 129 cm³/mol. The maximum atomic E-state index is 13.1. The van der Waals surface area contributed by atoms with Crippen LogP contribution in [0.15, 0.2) is 54.9 Å². The lowest BCUT2D eigenvalue weighted by molar-refractivity contribution is 0.212. The molecule has 31 heavy (non-hydrogen) atoms. The molecule has 0 saturated heterocycles. The molecule has 0 spiro atoms. The zero-order valence-electron chi connectivity index (χ0n) is 19.2. The Morgan fingerprint density at radius 2 is 1.84 bits per heavy atom. The highest BCUT2D eigenvalue weighted by Gasteiger charge is 2.19. The van der Waals surface area contributed by atoms with Gasteiger partial charge in [-0.3, -0.25) is 4.57 Å². The average molecular weight is 423 g/mol. The second-order valence-electron chi connectivity index (χ2n) is 8.09. The standard InChI is InChI=1S/C24H34N6O/c1-19(2)28(5)22-11-8-13-26-23(22)29(16-14-25-3)18-17-27(4)24(31)30-15-12-20-9-6-7-10-21(20)30/h6-13,15,19,25H,14,16-18H2,1-5H3. The van der Waals surface area contributed by atoms with Gasteiger partial charge in [0.15, 0.2) is 5.82 Å². The van der Waals surface area contributed by atoms with E-state index >= 15 is 0 Å². The number of likely N-dealkylation sites (N-methyl/N-ethyl adjacent to an activating group) is 2. The zero-order chi connectivity index (χ0) is 22.4. The number of benzene rings is 1. The molecule has 3 rings (SSSR count). The number of pyridine rings is 1. The van der Waals surface area contributed by atoms with E-state index in [-0.39, 0.29) is 6.03 Å². The minimum absolute atomic E-state index is 0.0321. The van der Waals surface area contributed by atoms with Gasteiger partial charge in [-0.2, -0.15) is 0 Å². The lowest BCUT2D eigenvalue weighted by atomic mass is 10.2. The van der Waals surface area contributed by atoms with Crippen LogP contribution in [0.1, 0.15) is 13.8 Å². The van der Waals surface area contributed by atoms with Crippen molar-refractivity contribution in [1.82, 2.24) is 19.8 Å². The van der Waals surface area contributed by atoms with E-state index in [1.807, 2.05) is 62.9 Å². The van der Waals surface area contributed by atoms with E-state index in [0.29, 0.717) is 19.1 Å². The van der Waals surface area contributed by atoms with Crippen LogP contribution in [0.4, 0.5) is 16.3 Å². The normalized spacial score (nSPS) is 11.2. The Morgan fingerprint density at radius 3 is 2.58 bits per heavy atom. The molecule has 166 valence electrons. The van der Waals surface area contributed by atoms with E-state index in [1.54, 1.807) is 9.47 Å². The lowest BCUT2D eigenvalue weighted by Crippen LogP contribution is -2.41. The van der Waals surface area contributed by atoms with Gasteiger partial charge in [0, 0.05) is 64.1 Å². The Labute approximate surface area is 185 Å². The maximum Gasteiger partial charge on any atom is 0.328 e. The summed E-state index contributed by atoms with van der Waals surface area (Å²) in [6, 6.07) is 14.3. The van der Waals surface area contributed by atoms with Gasteiger partial charge in [-0.25, -0.2) is 9.78 Å². The van der Waals surface area contributed by atoms with Crippen molar-refractivity contribution < 1.29 is 4.79 Å². The fourth-order valence-electron chi connectivity index (χ4n) is 3.56.